The molecule has 1 aliphatic rings. The van der Waals surface area contributed by atoms with Gasteiger partial charge in [0.05, 0.1) is 11.1 Å². The fourth-order valence-electron chi connectivity index (χ4n) is 4.19. The van der Waals surface area contributed by atoms with E-state index < -0.39 is 46.9 Å². The number of esters is 1. The Bertz CT molecular complexity index is 2010. The van der Waals surface area contributed by atoms with Gasteiger partial charge in [-0.15, -0.1) is 0 Å². The minimum absolute atomic E-state index is 0.00248. The molecule has 4 aromatic carbocycles. The van der Waals surface area contributed by atoms with Crippen LogP contribution in [0.5, 0.6) is 23.0 Å². The van der Waals surface area contributed by atoms with Gasteiger partial charge in [-0.25, -0.2) is 9.59 Å². The highest BCUT2D eigenvalue weighted by molar-refractivity contribution is 6.16. The Labute approximate surface area is 267 Å². The lowest BCUT2D eigenvalue weighted by Crippen LogP contribution is -2.29. The molecule has 0 unspecified atom stereocenters. The summed E-state index contributed by atoms with van der Waals surface area (Å²) >= 11 is 0. The number of carboxylic acid groups (broad SMARTS) is 1. The van der Waals surface area contributed by atoms with Crippen LogP contribution in [-0.4, -0.2) is 55.3 Å². The number of phenolic OH excluding ortho intramolecular Hbond substituents is 4. The van der Waals surface area contributed by atoms with Crippen molar-refractivity contribution in [1.82, 2.24) is 10.6 Å². The smallest absolute Gasteiger partial charge is 0.490 e. The minimum Gasteiger partial charge on any atom is -0.508 e. The van der Waals surface area contributed by atoms with Crippen LogP contribution in [0.4, 0.5) is 13.2 Å². The molecule has 0 radical (unpaired) electrons. The average molecular weight is 665 g/mol. The molecule has 48 heavy (non-hydrogen) atoms. The number of carboxylic acids is 1. The van der Waals surface area contributed by atoms with Crippen molar-refractivity contribution in [3.63, 3.8) is 0 Å². The highest BCUT2D eigenvalue weighted by Crippen LogP contribution is 2.36. The molecule has 1 aliphatic heterocycles. The fraction of sp³-hybridized carbons (Fsp3) is 0.0303. The molecule has 1 heterocycles. The second-order valence-electron chi connectivity index (χ2n) is 9.73. The van der Waals surface area contributed by atoms with Crippen LogP contribution in [0.25, 0.3) is 10.8 Å². The topological polar surface area (TPSA) is 203 Å². The van der Waals surface area contributed by atoms with Crippen molar-refractivity contribution in [3.05, 3.63) is 131 Å². The van der Waals surface area contributed by atoms with Gasteiger partial charge >= 0.3 is 18.1 Å². The number of ketones is 1. The van der Waals surface area contributed by atoms with Gasteiger partial charge in [-0.05, 0) is 53.9 Å². The van der Waals surface area contributed by atoms with E-state index in [0.717, 1.165) is 12.1 Å². The van der Waals surface area contributed by atoms with Gasteiger partial charge in [0.25, 0.3) is 5.91 Å². The van der Waals surface area contributed by atoms with E-state index in [2.05, 4.69) is 10.6 Å². The molecule has 12 nitrogen and oxygen atoms in total. The first-order valence-electron chi connectivity index (χ1n) is 13.4. The monoisotopic (exact) mass is 664 g/mol. The molecule has 0 fully saturated rings. The van der Waals surface area contributed by atoms with Crippen LogP contribution in [0.3, 0.4) is 0 Å². The van der Waals surface area contributed by atoms with Crippen molar-refractivity contribution in [2.24, 2.45) is 0 Å². The second kappa shape index (κ2) is 14.1. The van der Waals surface area contributed by atoms with Crippen LogP contribution < -0.4 is 10.6 Å². The minimum atomic E-state index is -5.08. The van der Waals surface area contributed by atoms with Crippen LogP contribution >= 0.6 is 0 Å². The summed E-state index contributed by atoms with van der Waals surface area (Å²) in [4.78, 5) is 47.4. The van der Waals surface area contributed by atoms with Crippen molar-refractivity contribution in [3.8, 4) is 23.0 Å². The Morgan fingerprint density at radius 3 is 2.12 bits per heavy atom. The number of fused-ring (bicyclic) bond motifs is 1. The zero-order valence-corrected chi connectivity index (χ0v) is 24.1. The summed E-state index contributed by atoms with van der Waals surface area (Å²) < 4.78 is 37.1. The van der Waals surface area contributed by atoms with Crippen molar-refractivity contribution < 1.29 is 62.6 Å². The molecule has 0 saturated heterocycles. The first-order valence-corrected chi connectivity index (χ1v) is 13.4. The van der Waals surface area contributed by atoms with E-state index in [-0.39, 0.29) is 39.8 Å². The summed E-state index contributed by atoms with van der Waals surface area (Å²) in [5.41, 5.74) is -0.705. The lowest BCUT2D eigenvalue weighted by Gasteiger charge is -2.12. The summed E-state index contributed by atoms with van der Waals surface area (Å²) in [6.45, 7) is 0. The number of allylic oxidation sites excluding steroid dienone is 3. The number of nitrogens with one attached hydrogen (secondary N) is 2. The number of rotatable bonds is 6. The van der Waals surface area contributed by atoms with Gasteiger partial charge in [0.2, 0.25) is 5.78 Å². The molecule has 1 amide bonds. The van der Waals surface area contributed by atoms with Crippen LogP contribution in [0.1, 0.15) is 36.6 Å². The molecule has 0 atom stereocenters. The number of aromatic hydroxyl groups is 4. The molecule has 15 heteroatoms. The molecule has 0 spiro atoms. The summed E-state index contributed by atoms with van der Waals surface area (Å²) in [5, 5.41) is 55.1. The van der Waals surface area contributed by atoms with E-state index in [9.17, 15) is 48.0 Å². The quantitative estimate of drug-likeness (QED) is 0.109. The number of carbonyl (C=O) groups is 4. The lowest BCUT2D eigenvalue weighted by atomic mass is 9.96. The Balaban J connectivity index is 0.000000671. The Hall–Kier alpha value is -6.77. The molecular formula is C33H23F3N2O10. The largest absolute Gasteiger partial charge is 0.508 e. The third-order valence-electron chi connectivity index (χ3n) is 6.40. The number of aliphatic carboxylic acids is 1. The van der Waals surface area contributed by atoms with Gasteiger partial charge < -0.3 is 40.9 Å². The maximum Gasteiger partial charge on any atom is 0.490 e. The Morgan fingerprint density at radius 2 is 1.48 bits per heavy atom. The number of alkyl halides is 3. The van der Waals surface area contributed by atoms with E-state index in [0.29, 0.717) is 10.8 Å². The summed E-state index contributed by atoms with van der Waals surface area (Å²) in [7, 11) is 0. The molecule has 5 rings (SSSR count). The van der Waals surface area contributed by atoms with Crippen LogP contribution in [-0.2, 0) is 9.53 Å². The molecule has 0 aromatic heterocycles. The number of amides is 1. The standard InChI is InChI=1S/C31H22N2O8.C2HF3O2/c34-20-7-3-6-18(13-20)30(39)33-26-16-21(8-4-12-32-26)41-31(40)19-14-24(35)27(25(36)15-19)29(38)23-11-10-17-5-1-2-9-22(17)28(23)37;3-2(4,5)1(6)7/h1-16,32,34-37H,(H,33,39);(H,6,7). The normalized spacial score (nSPS) is 12.3. The molecular weight excluding hydrogens is 641 g/mol. The van der Waals surface area contributed by atoms with E-state index in [4.69, 9.17) is 14.6 Å². The Kier molecular flexibility index (Phi) is 10.0. The number of carbonyl (C=O) groups excluding carboxylic acids is 3. The predicted octanol–water partition coefficient (Wildman–Crippen LogP) is 4.96. The Morgan fingerprint density at radius 1 is 0.812 bits per heavy atom. The van der Waals surface area contributed by atoms with Gasteiger partial charge in [-0.3, -0.25) is 9.59 Å². The zero-order chi connectivity index (χ0) is 35.2. The maximum absolute atomic E-state index is 13.2. The van der Waals surface area contributed by atoms with Gasteiger partial charge in [0, 0.05) is 23.2 Å². The molecule has 4 aromatic rings. The van der Waals surface area contributed by atoms with E-state index >= 15 is 0 Å². The number of halogens is 3. The molecule has 0 bridgehead atoms. The van der Waals surface area contributed by atoms with Crippen molar-refractivity contribution in [2.45, 2.75) is 6.18 Å². The predicted molar refractivity (Wildman–Crippen MR) is 162 cm³/mol. The number of benzene rings is 4. The molecule has 246 valence electrons. The highest BCUT2D eigenvalue weighted by atomic mass is 19.4. The first-order chi connectivity index (χ1) is 22.6. The van der Waals surface area contributed by atoms with Crippen LogP contribution in [0, 0.1) is 0 Å². The van der Waals surface area contributed by atoms with Gasteiger partial charge in [-0.2, -0.15) is 13.2 Å². The summed E-state index contributed by atoms with van der Waals surface area (Å²) in [6, 6.07) is 17.5. The van der Waals surface area contributed by atoms with Crippen molar-refractivity contribution in [1.29, 1.82) is 0 Å². The summed E-state index contributed by atoms with van der Waals surface area (Å²) in [6.07, 6.45) is 0.673. The van der Waals surface area contributed by atoms with E-state index in [1.807, 2.05) is 0 Å². The van der Waals surface area contributed by atoms with E-state index in [1.165, 1.54) is 54.8 Å². The first kappa shape index (κ1) is 34.1. The third kappa shape index (κ3) is 8.08. The highest BCUT2D eigenvalue weighted by Gasteiger charge is 2.38. The van der Waals surface area contributed by atoms with Gasteiger partial charge in [-0.1, -0.05) is 36.4 Å². The zero-order valence-electron chi connectivity index (χ0n) is 24.1. The van der Waals surface area contributed by atoms with Gasteiger partial charge in [0.15, 0.2) is 0 Å². The maximum atomic E-state index is 13.2. The third-order valence-corrected chi connectivity index (χ3v) is 6.40. The summed E-state index contributed by atoms with van der Waals surface area (Å²) in [5.74, 6) is -6.72. The molecule has 7 N–H and O–H groups in total. The number of ether oxygens (including phenoxy) is 1. The van der Waals surface area contributed by atoms with Gasteiger partial charge in [0.1, 0.15) is 40.1 Å². The number of hydrogen-bond acceptors (Lipinski definition) is 10. The second-order valence-corrected chi connectivity index (χ2v) is 9.73. The average Bonchev–Trinajstić information content (AvgIpc) is 3.25. The lowest BCUT2D eigenvalue weighted by molar-refractivity contribution is -0.192. The van der Waals surface area contributed by atoms with Crippen LogP contribution in [0.2, 0.25) is 0 Å². The number of hydrogen-bond donors (Lipinski definition) is 7. The van der Waals surface area contributed by atoms with Crippen molar-refractivity contribution in [2.75, 3.05) is 0 Å². The van der Waals surface area contributed by atoms with E-state index in [1.54, 1.807) is 30.3 Å². The van der Waals surface area contributed by atoms with Crippen LogP contribution in [0.15, 0.2) is 109 Å². The molecule has 0 saturated carbocycles. The molecule has 0 aliphatic carbocycles. The van der Waals surface area contributed by atoms with Crippen molar-refractivity contribution >= 4 is 34.4 Å². The fourth-order valence-corrected chi connectivity index (χ4v) is 4.19. The SMILES string of the molecule is O=C(NC1=CC(OC(=O)c2cc(O)c(C(=O)c3ccc4ccccc4c3O)c(O)c2)=CC=CN1)c1cccc(O)c1.O=C(O)C(F)(F)F. The number of phenols is 4.